The Balaban J connectivity index is 1.45. The van der Waals surface area contributed by atoms with Gasteiger partial charge in [-0.3, -0.25) is 14.5 Å². The smallest absolute Gasteiger partial charge is 0.296 e. The van der Waals surface area contributed by atoms with Crippen LogP contribution in [-0.2, 0) is 0 Å². The number of hydrogen-bond donors (Lipinski definition) is 2. The van der Waals surface area contributed by atoms with E-state index in [2.05, 4.69) is 30.3 Å². The molecule has 0 amide bonds. The molecule has 0 bridgehead atoms. The first kappa shape index (κ1) is 15.3. The second-order valence-electron chi connectivity index (χ2n) is 6.87. The van der Waals surface area contributed by atoms with Gasteiger partial charge in [-0.2, -0.15) is 4.68 Å². The zero-order chi connectivity index (χ0) is 17.5. The zero-order valence-electron chi connectivity index (χ0n) is 14.2. The highest BCUT2D eigenvalue weighted by Crippen LogP contribution is 2.28. The highest BCUT2D eigenvalue weighted by molar-refractivity contribution is 5.45. The number of imidazole rings is 1. The third-order valence-corrected chi connectivity index (χ3v) is 5.33. The van der Waals surface area contributed by atoms with Gasteiger partial charge in [-0.25, -0.2) is 15.0 Å². The lowest BCUT2D eigenvalue weighted by Crippen LogP contribution is -2.40. The quantitative estimate of drug-likeness (QED) is 0.705. The summed E-state index contributed by atoms with van der Waals surface area (Å²) in [6.07, 6.45) is 10.6. The van der Waals surface area contributed by atoms with Crippen LogP contribution < -0.4 is 15.8 Å². The summed E-state index contributed by atoms with van der Waals surface area (Å²) in [5.41, 5.74) is 0.323. The minimum atomic E-state index is -0.176. The van der Waals surface area contributed by atoms with Gasteiger partial charge in [0.25, 0.3) is 5.56 Å². The molecule has 0 radical (unpaired) electrons. The first-order chi connectivity index (χ1) is 12.8. The van der Waals surface area contributed by atoms with Gasteiger partial charge in [0.1, 0.15) is 17.8 Å². The van der Waals surface area contributed by atoms with Gasteiger partial charge >= 0.3 is 0 Å². The van der Waals surface area contributed by atoms with Crippen molar-refractivity contribution in [1.82, 2.24) is 34.6 Å². The molecule has 2 aliphatic heterocycles. The predicted octanol–water partition coefficient (Wildman–Crippen LogP) is 0.329. The number of rotatable bonds is 3. The Morgan fingerprint density at radius 2 is 2.12 bits per heavy atom. The molecule has 2 aliphatic rings. The molecule has 9 heteroatoms. The Morgan fingerprint density at radius 3 is 2.96 bits per heavy atom. The minimum absolute atomic E-state index is 0.176. The van der Waals surface area contributed by atoms with E-state index in [9.17, 15) is 4.79 Å². The van der Waals surface area contributed by atoms with Crippen LogP contribution in [0.2, 0.25) is 0 Å². The van der Waals surface area contributed by atoms with Gasteiger partial charge in [0.05, 0.1) is 6.33 Å². The zero-order valence-corrected chi connectivity index (χ0v) is 14.2. The molecule has 2 N–H and O–H groups in total. The van der Waals surface area contributed by atoms with Gasteiger partial charge < -0.3 is 10.2 Å². The third kappa shape index (κ3) is 2.51. The summed E-state index contributed by atoms with van der Waals surface area (Å²) in [6.45, 7) is 3.04. The maximum absolute atomic E-state index is 12.7. The normalized spacial score (nSPS) is 22.5. The van der Waals surface area contributed by atoms with Gasteiger partial charge in [0.2, 0.25) is 0 Å². The molecule has 5 rings (SSSR count). The molecular formula is C17H20N8O. The molecule has 2 atom stereocenters. The number of aromatic nitrogens is 6. The molecular weight excluding hydrogens is 332 g/mol. The van der Waals surface area contributed by atoms with Crippen molar-refractivity contribution in [2.24, 2.45) is 5.92 Å². The lowest BCUT2D eigenvalue weighted by atomic mass is 9.94. The second-order valence-corrected chi connectivity index (χ2v) is 6.87. The van der Waals surface area contributed by atoms with Gasteiger partial charge in [-0.15, -0.1) is 0 Å². The van der Waals surface area contributed by atoms with Crippen molar-refractivity contribution >= 4 is 5.82 Å². The van der Waals surface area contributed by atoms with Crippen LogP contribution in [0.4, 0.5) is 5.82 Å². The average Bonchev–Trinajstić information content (AvgIpc) is 3.40. The molecule has 0 aromatic carbocycles. The van der Waals surface area contributed by atoms with E-state index < -0.39 is 0 Å². The van der Waals surface area contributed by atoms with Crippen molar-refractivity contribution in [2.75, 3.05) is 24.5 Å². The molecule has 0 saturated carbocycles. The van der Waals surface area contributed by atoms with Crippen LogP contribution in [0.5, 0.6) is 0 Å². The summed E-state index contributed by atoms with van der Waals surface area (Å²) in [4.78, 5) is 27.7. The summed E-state index contributed by atoms with van der Waals surface area (Å²) in [5.74, 6) is 2.06. The van der Waals surface area contributed by atoms with E-state index in [-0.39, 0.29) is 5.56 Å². The molecule has 5 heterocycles. The topological polar surface area (TPSA) is 96.7 Å². The number of anilines is 1. The molecule has 0 aliphatic carbocycles. The molecule has 0 unspecified atom stereocenters. The maximum atomic E-state index is 12.7. The number of fused-ring (bicyclic) bond motifs is 1. The van der Waals surface area contributed by atoms with Crippen molar-refractivity contribution < 1.29 is 0 Å². The molecule has 0 spiro atoms. The fourth-order valence-corrected chi connectivity index (χ4v) is 3.98. The minimum Gasteiger partial charge on any atom is -0.355 e. The summed E-state index contributed by atoms with van der Waals surface area (Å²) >= 11 is 0. The van der Waals surface area contributed by atoms with Crippen LogP contribution >= 0.6 is 0 Å². The summed E-state index contributed by atoms with van der Waals surface area (Å²) < 4.78 is 3.11. The Kier molecular flexibility index (Phi) is 3.59. The average molecular weight is 352 g/mol. The Morgan fingerprint density at radius 1 is 1.19 bits per heavy atom. The van der Waals surface area contributed by atoms with Crippen molar-refractivity contribution in [3.05, 3.63) is 47.7 Å². The van der Waals surface area contributed by atoms with Crippen molar-refractivity contribution in [3.8, 4) is 11.5 Å². The van der Waals surface area contributed by atoms with E-state index in [0.29, 0.717) is 23.5 Å². The summed E-state index contributed by atoms with van der Waals surface area (Å²) in [5, 5.41) is 6.58. The monoisotopic (exact) mass is 352 g/mol. The Labute approximate surface area is 149 Å². The second kappa shape index (κ2) is 6.10. The molecule has 9 nitrogen and oxygen atoms in total. The van der Waals surface area contributed by atoms with Crippen LogP contribution in [0.1, 0.15) is 12.8 Å². The van der Waals surface area contributed by atoms with E-state index in [1.807, 2.05) is 6.07 Å². The van der Waals surface area contributed by atoms with Crippen LogP contribution in [0, 0.1) is 5.92 Å². The van der Waals surface area contributed by atoms with Crippen LogP contribution in [0.3, 0.4) is 0 Å². The molecule has 3 aromatic rings. The number of hydrogen-bond acceptors (Lipinski definition) is 6. The lowest BCUT2D eigenvalue weighted by molar-refractivity contribution is 0.340. The Bertz CT molecular complexity index is 945. The summed E-state index contributed by atoms with van der Waals surface area (Å²) in [6, 6.07) is 2.40. The van der Waals surface area contributed by atoms with Crippen molar-refractivity contribution in [1.29, 1.82) is 0 Å². The van der Waals surface area contributed by atoms with E-state index >= 15 is 0 Å². The highest BCUT2D eigenvalue weighted by Gasteiger charge is 2.34. The number of nitrogens with one attached hydrogen (secondary N) is 2. The fourth-order valence-electron chi connectivity index (χ4n) is 3.98. The predicted molar refractivity (Wildman–Crippen MR) is 95.8 cm³/mol. The first-order valence-corrected chi connectivity index (χ1v) is 8.89. The maximum Gasteiger partial charge on any atom is 0.296 e. The largest absolute Gasteiger partial charge is 0.355 e. The first-order valence-electron chi connectivity index (χ1n) is 8.89. The van der Waals surface area contributed by atoms with Crippen LogP contribution in [-0.4, -0.2) is 55.0 Å². The van der Waals surface area contributed by atoms with Crippen molar-refractivity contribution in [2.45, 2.75) is 18.9 Å². The van der Waals surface area contributed by atoms with Gasteiger partial charge in [0, 0.05) is 43.8 Å². The number of piperidine rings is 1. The van der Waals surface area contributed by atoms with Crippen LogP contribution in [0.25, 0.3) is 11.5 Å². The van der Waals surface area contributed by atoms with Crippen molar-refractivity contribution in [3.63, 3.8) is 0 Å². The number of nitrogens with zero attached hydrogens (tertiary/aromatic N) is 6. The summed E-state index contributed by atoms with van der Waals surface area (Å²) in [7, 11) is 0. The highest BCUT2D eigenvalue weighted by atomic mass is 16.1. The number of H-pyrrole nitrogens is 1. The molecule has 2 fully saturated rings. The third-order valence-electron chi connectivity index (χ3n) is 5.33. The van der Waals surface area contributed by atoms with E-state index in [1.165, 1.54) is 23.9 Å². The van der Waals surface area contributed by atoms with E-state index in [4.69, 9.17) is 0 Å². The lowest BCUT2D eigenvalue weighted by Gasteiger charge is -2.24. The van der Waals surface area contributed by atoms with E-state index in [0.717, 1.165) is 25.5 Å². The van der Waals surface area contributed by atoms with Gasteiger partial charge in [-0.05, 0) is 25.3 Å². The van der Waals surface area contributed by atoms with Crippen LogP contribution in [0.15, 0.2) is 42.1 Å². The van der Waals surface area contributed by atoms with Gasteiger partial charge in [-0.1, -0.05) is 0 Å². The molecule has 26 heavy (non-hydrogen) atoms. The SMILES string of the molecule is O=c1c(-n2ccnc2)c[nH]n1-c1cc(N2C[C@@H]3CCCN[C@@H]3C2)ncn1. The van der Waals surface area contributed by atoms with Gasteiger partial charge in [0.15, 0.2) is 5.82 Å². The fraction of sp³-hybridized carbons (Fsp3) is 0.412. The number of aromatic amines is 1. The molecule has 3 aromatic heterocycles. The Hall–Kier alpha value is -2.94. The standard InChI is InChI=1S/C17H20N8O/c26-17-14(23-5-4-18-11-23)7-22-25(17)16-6-15(20-10-21-16)24-8-12-2-1-3-19-13(12)9-24/h4-7,10-13,19,22H,1-3,8-9H2/t12-,13+/m0/s1. The molecule has 2 saturated heterocycles. The van der Waals surface area contributed by atoms with E-state index in [1.54, 1.807) is 29.5 Å². The molecule has 134 valence electrons.